The van der Waals surface area contributed by atoms with Gasteiger partial charge in [-0.05, 0) is 42.3 Å². The number of aromatic nitrogens is 2. The zero-order valence-corrected chi connectivity index (χ0v) is 18.2. The van der Waals surface area contributed by atoms with Crippen LogP contribution < -0.4 is 9.64 Å². The zero-order chi connectivity index (χ0) is 21.1. The lowest BCUT2D eigenvalue weighted by Crippen LogP contribution is -2.35. The van der Waals surface area contributed by atoms with Crippen LogP contribution in [0.4, 0.5) is 10.2 Å². The minimum Gasteiger partial charge on any atom is -0.494 e. The number of halogens is 2. The van der Waals surface area contributed by atoms with Crippen molar-refractivity contribution in [2.75, 3.05) is 38.2 Å². The quantitative estimate of drug-likeness (QED) is 0.613. The summed E-state index contributed by atoms with van der Waals surface area (Å²) >= 11 is 3.45. The first-order chi connectivity index (χ1) is 14.5. The van der Waals surface area contributed by atoms with Gasteiger partial charge in [-0.15, -0.1) is 0 Å². The number of H-pyrrole nitrogens is 1. The van der Waals surface area contributed by atoms with Gasteiger partial charge >= 0.3 is 0 Å². The van der Waals surface area contributed by atoms with Crippen molar-refractivity contribution in [1.82, 2.24) is 15.1 Å². The Bertz CT molecular complexity index is 1040. The maximum absolute atomic E-state index is 14.0. The molecule has 8 heteroatoms. The number of carbonyl (C=O) groups is 1. The molecule has 0 unspecified atom stereocenters. The van der Waals surface area contributed by atoms with Crippen molar-refractivity contribution in [3.05, 3.63) is 64.4 Å². The molecule has 1 amide bonds. The number of hydrogen-bond acceptors (Lipinski definition) is 4. The molecule has 1 aromatic heterocycles. The number of hydrogen-bond donors (Lipinski definition) is 1. The molecule has 0 aliphatic carbocycles. The Balaban J connectivity index is 1.43. The molecule has 3 aromatic rings. The van der Waals surface area contributed by atoms with Gasteiger partial charge in [0.05, 0.1) is 12.8 Å². The molecule has 1 aliphatic rings. The fourth-order valence-electron chi connectivity index (χ4n) is 3.58. The van der Waals surface area contributed by atoms with Crippen LogP contribution >= 0.6 is 15.9 Å². The minimum absolute atomic E-state index is 0.133. The van der Waals surface area contributed by atoms with Gasteiger partial charge in [0.1, 0.15) is 0 Å². The predicted molar refractivity (Wildman–Crippen MR) is 117 cm³/mol. The smallest absolute Gasteiger partial charge is 0.254 e. The van der Waals surface area contributed by atoms with Crippen molar-refractivity contribution in [2.24, 2.45) is 0 Å². The largest absolute Gasteiger partial charge is 0.494 e. The summed E-state index contributed by atoms with van der Waals surface area (Å²) in [5.74, 6) is 0.291. The van der Waals surface area contributed by atoms with Crippen molar-refractivity contribution in [2.45, 2.75) is 6.42 Å². The second kappa shape index (κ2) is 8.87. The van der Waals surface area contributed by atoms with E-state index in [9.17, 15) is 9.18 Å². The van der Waals surface area contributed by atoms with E-state index in [1.807, 2.05) is 30.3 Å². The van der Waals surface area contributed by atoms with Crippen LogP contribution in [0, 0.1) is 5.82 Å². The second-order valence-electron chi connectivity index (χ2n) is 7.13. The van der Waals surface area contributed by atoms with Crippen molar-refractivity contribution in [3.8, 4) is 17.0 Å². The molecule has 0 spiro atoms. The summed E-state index contributed by atoms with van der Waals surface area (Å²) in [6.45, 7) is 2.63. The summed E-state index contributed by atoms with van der Waals surface area (Å²) < 4.78 is 19.9. The average molecular weight is 473 g/mol. The maximum Gasteiger partial charge on any atom is 0.254 e. The molecule has 0 bridgehead atoms. The molecule has 0 atom stereocenters. The van der Waals surface area contributed by atoms with E-state index in [-0.39, 0.29) is 11.7 Å². The van der Waals surface area contributed by atoms with Gasteiger partial charge < -0.3 is 14.5 Å². The molecule has 2 aromatic carbocycles. The normalized spacial score (nSPS) is 14.5. The highest BCUT2D eigenvalue weighted by Gasteiger charge is 2.22. The molecule has 6 nitrogen and oxygen atoms in total. The third-order valence-electron chi connectivity index (χ3n) is 5.23. The number of aromatic amines is 1. The first kappa shape index (κ1) is 20.4. The van der Waals surface area contributed by atoms with E-state index in [1.165, 1.54) is 19.2 Å². The Morgan fingerprint density at radius 3 is 2.63 bits per heavy atom. The van der Waals surface area contributed by atoms with Crippen LogP contribution in [0.2, 0.25) is 0 Å². The number of anilines is 1. The molecule has 156 valence electrons. The lowest BCUT2D eigenvalue weighted by molar-refractivity contribution is 0.0766. The van der Waals surface area contributed by atoms with E-state index in [0.717, 1.165) is 34.5 Å². The Hall–Kier alpha value is -2.87. The van der Waals surface area contributed by atoms with Crippen molar-refractivity contribution < 1.29 is 13.9 Å². The Morgan fingerprint density at radius 1 is 1.10 bits per heavy atom. The fourth-order valence-corrected chi connectivity index (χ4v) is 3.85. The van der Waals surface area contributed by atoms with Crippen molar-refractivity contribution in [1.29, 1.82) is 0 Å². The molecule has 0 radical (unpaired) electrons. The number of nitrogens with one attached hydrogen (secondary N) is 1. The lowest BCUT2D eigenvalue weighted by Gasteiger charge is -2.22. The molecule has 1 aliphatic heterocycles. The molecular weight excluding hydrogens is 451 g/mol. The molecule has 4 rings (SSSR count). The van der Waals surface area contributed by atoms with Crippen LogP contribution in [0.5, 0.6) is 5.75 Å². The van der Waals surface area contributed by atoms with Gasteiger partial charge in [-0.2, -0.15) is 5.10 Å². The maximum atomic E-state index is 14.0. The number of amides is 1. The van der Waals surface area contributed by atoms with Crippen molar-refractivity contribution >= 4 is 27.7 Å². The highest BCUT2D eigenvalue weighted by Crippen LogP contribution is 2.25. The topological polar surface area (TPSA) is 61.5 Å². The summed E-state index contributed by atoms with van der Waals surface area (Å²) in [6.07, 6.45) is 0.810. The molecule has 2 heterocycles. The summed E-state index contributed by atoms with van der Waals surface area (Å²) in [7, 11) is 1.40. The zero-order valence-electron chi connectivity index (χ0n) is 16.6. The number of carbonyl (C=O) groups excluding carboxylic acids is 1. The molecular formula is C22H22BrFN4O2. The first-order valence-corrected chi connectivity index (χ1v) is 10.5. The molecule has 30 heavy (non-hydrogen) atoms. The first-order valence-electron chi connectivity index (χ1n) is 9.74. The van der Waals surface area contributed by atoms with E-state index in [1.54, 1.807) is 11.0 Å². The standard InChI is InChI=1S/C22H22BrFN4O2/c1-30-20-8-5-16(13-18(20)24)22(29)28-10-2-9-27(11-12-28)21-14-19(25-26-21)15-3-6-17(23)7-4-15/h3-8,13-14H,2,9-12H2,1H3,(H,25,26). The highest BCUT2D eigenvalue weighted by atomic mass is 79.9. The second-order valence-corrected chi connectivity index (χ2v) is 8.04. The van der Waals surface area contributed by atoms with E-state index >= 15 is 0 Å². The van der Waals surface area contributed by atoms with Crippen LogP contribution in [0.25, 0.3) is 11.3 Å². The van der Waals surface area contributed by atoms with E-state index in [2.05, 4.69) is 31.0 Å². The van der Waals surface area contributed by atoms with Gasteiger partial charge in [-0.3, -0.25) is 9.89 Å². The van der Waals surface area contributed by atoms with Gasteiger partial charge in [-0.1, -0.05) is 28.1 Å². The van der Waals surface area contributed by atoms with Crippen LogP contribution in [-0.2, 0) is 0 Å². The van der Waals surface area contributed by atoms with Gasteiger partial charge in [0, 0.05) is 42.3 Å². The fraction of sp³-hybridized carbons (Fsp3) is 0.273. The number of nitrogens with zero attached hydrogens (tertiary/aromatic N) is 3. The summed E-state index contributed by atoms with van der Waals surface area (Å²) in [5.41, 5.74) is 2.34. The number of ether oxygens (including phenoxy) is 1. The average Bonchev–Trinajstić information content (AvgIpc) is 3.11. The van der Waals surface area contributed by atoms with Gasteiger partial charge in [0.2, 0.25) is 0 Å². The predicted octanol–water partition coefficient (Wildman–Crippen LogP) is 4.34. The van der Waals surface area contributed by atoms with Gasteiger partial charge in [0.15, 0.2) is 17.4 Å². The Morgan fingerprint density at radius 2 is 1.90 bits per heavy atom. The lowest BCUT2D eigenvalue weighted by atomic mass is 10.1. The third kappa shape index (κ3) is 4.33. The summed E-state index contributed by atoms with van der Waals surface area (Å²) in [6, 6.07) is 14.4. The molecule has 0 saturated carbocycles. The molecule has 1 saturated heterocycles. The van der Waals surface area contributed by atoms with E-state index in [4.69, 9.17) is 4.74 Å². The number of methoxy groups -OCH3 is 1. The van der Waals surface area contributed by atoms with Crippen LogP contribution in [-0.4, -0.2) is 54.3 Å². The number of benzene rings is 2. The summed E-state index contributed by atoms with van der Waals surface area (Å²) in [4.78, 5) is 16.8. The van der Waals surface area contributed by atoms with E-state index in [0.29, 0.717) is 25.2 Å². The third-order valence-corrected chi connectivity index (χ3v) is 5.75. The van der Waals surface area contributed by atoms with Crippen molar-refractivity contribution in [3.63, 3.8) is 0 Å². The number of rotatable bonds is 4. The van der Waals surface area contributed by atoms with Gasteiger partial charge in [-0.25, -0.2) is 4.39 Å². The minimum atomic E-state index is -0.531. The summed E-state index contributed by atoms with van der Waals surface area (Å²) in [5, 5.41) is 7.56. The van der Waals surface area contributed by atoms with Crippen LogP contribution in [0.15, 0.2) is 53.0 Å². The molecule has 1 fully saturated rings. The Kier molecular flexibility index (Phi) is 6.03. The Labute approximate surface area is 182 Å². The van der Waals surface area contributed by atoms with Gasteiger partial charge in [0.25, 0.3) is 5.91 Å². The highest BCUT2D eigenvalue weighted by molar-refractivity contribution is 9.10. The SMILES string of the molecule is COc1ccc(C(=O)N2CCCN(c3cc(-c4ccc(Br)cc4)[nH]n3)CC2)cc1F. The monoisotopic (exact) mass is 472 g/mol. The van der Waals surface area contributed by atoms with Crippen LogP contribution in [0.3, 0.4) is 0 Å². The van der Waals surface area contributed by atoms with E-state index < -0.39 is 5.82 Å². The van der Waals surface area contributed by atoms with Crippen LogP contribution in [0.1, 0.15) is 16.8 Å². The molecule has 1 N–H and O–H groups in total.